The lowest BCUT2D eigenvalue weighted by molar-refractivity contribution is 0.0735. The SMILES string of the molecule is Cc1csc(C(=O)N2CCCC2CCCCl)c1Cl. The fourth-order valence-corrected chi connectivity index (χ4v) is 3.80. The molecule has 0 spiro atoms. The number of aryl methyl sites for hydroxylation is 1. The number of carbonyl (C=O) groups is 1. The molecule has 1 aromatic heterocycles. The number of amides is 1. The van der Waals surface area contributed by atoms with Crippen LogP contribution in [0.2, 0.25) is 5.02 Å². The summed E-state index contributed by atoms with van der Waals surface area (Å²) in [6.07, 6.45) is 4.13. The molecule has 2 heterocycles. The van der Waals surface area contributed by atoms with Crippen molar-refractivity contribution in [3.8, 4) is 0 Å². The van der Waals surface area contributed by atoms with Crippen molar-refractivity contribution in [2.45, 2.75) is 38.6 Å². The molecular formula is C13H17Cl2NOS. The van der Waals surface area contributed by atoms with E-state index in [1.54, 1.807) is 0 Å². The van der Waals surface area contributed by atoms with Gasteiger partial charge in [0.15, 0.2) is 0 Å². The molecule has 100 valence electrons. The molecule has 1 fully saturated rings. The van der Waals surface area contributed by atoms with E-state index < -0.39 is 0 Å². The molecule has 0 bridgehead atoms. The van der Waals surface area contributed by atoms with Gasteiger partial charge < -0.3 is 4.90 Å². The maximum Gasteiger partial charge on any atom is 0.265 e. The molecule has 1 aliphatic rings. The molecule has 5 heteroatoms. The number of hydrogen-bond donors (Lipinski definition) is 0. The number of rotatable bonds is 4. The predicted molar refractivity (Wildman–Crippen MR) is 78.1 cm³/mol. The van der Waals surface area contributed by atoms with Crippen LogP contribution in [-0.2, 0) is 0 Å². The molecule has 2 rings (SSSR count). The van der Waals surface area contributed by atoms with Gasteiger partial charge in [-0.15, -0.1) is 22.9 Å². The Balaban J connectivity index is 2.10. The minimum atomic E-state index is 0.0928. The molecule has 0 aliphatic carbocycles. The lowest BCUT2D eigenvalue weighted by Crippen LogP contribution is -2.35. The fraction of sp³-hybridized carbons (Fsp3) is 0.615. The van der Waals surface area contributed by atoms with Gasteiger partial charge >= 0.3 is 0 Å². The van der Waals surface area contributed by atoms with Crippen molar-refractivity contribution in [2.24, 2.45) is 0 Å². The molecule has 1 saturated heterocycles. The molecule has 0 radical (unpaired) electrons. The van der Waals surface area contributed by atoms with Gasteiger partial charge in [0.2, 0.25) is 0 Å². The number of alkyl halides is 1. The standard InChI is InChI=1S/C13H17Cl2NOS/c1-9-8-18-12(11(9)15)13(17)16-7-3-5-10(16)4-2-6-14/h8,10H,2-7H2,1H3. The van der Waals surface area contributed by atoms with Crippen LogP contribution in [0.3, 0.4) is 0 Å². The summed E-state index contributed by atoms with van der Waals surface area (Å²) in [6, 6.07) is 0.342. The maximum atomic E-state index is 12.5. The third-order valence-corrected chi connectivity index (χ3v) is 5.35. The van der Waals surface area contributed by atoms with Gasteiger partial charge in [0, 0.05) is 18.5 Å². The summed E-state index contributed by atoms with van der Waals surface area (Å²) < 4.78 is 0. The molecule has 0 N–H and O–H groups in total. The van der Waals surface area contributed by atoms with E-state index in [2.05, 4.69) is 0 Å². The van der Waals surface area contributed by atoms with Gasteiger partial charge in [-0.25, -0.2) is 0 Å². The molecule has 18 heavy (non-hydrogen) atoms. The topological polar surface area (TPSA) is 20.3 Å². The highest BCUT2D eigenvalue weighted by atomic mass is 35.5. The molecular weight excluding hydrogens is 289 g/mol. The third kappa shape index (κ3) is 2.84. The Bertz CT molecular complexity index is 433. The fourth-order valence-electron chi connectivity index (χ4n) is 2.42. The van der Waals surface area contributed by atoms with Gasteiger partial charge in [0.05, 0.1) is 5.02 Å². The predicted octanol–water partition coefficient (Wildman–Crippen LogP) is 4.33. The van der Waals surface area contributed by atoms with Crippen molar-refractivity contribution in [3.05, 3.63) is 20.8 Å². The summed E-state index contributed by atoms with van der Waals surface area (Å²) in [5, 5.41) is 2.56. The van der Waals surface area contributed by atoms with Crippen LogP contribution in [0.15, 0.2) is 5.38 Å². The Hall–Kier alpha value is -0.250. The Labute approximate surface area is 122 Å². The van der Waals surface area contributed by atoms with Crippen molar-refractivity contribution in [1.29, 1.82) is 0 Å². The molecule has 1 amide bonds. The van der Waals surface area contributed by atoms with Gasteiger partial charge in [0.1, 0.15) is 4.88 Å². The van der Waals surface area contributed by atoms with Gasteiger partial charge in [-0.2, -0.15) is 0 Å². The zero-order valence-electron chi connectivity index (χ0n) is 10.4. The van der Waals surface area contributed by atoms with Crippen LogP contribution in [0, 0.1) is 6.92 Å². The molecule has 0 saturated carbocycles. The van der Waals surface area contributed by atoms with Crippen molar-refractivity contribution < 1.29 is 4.79 Å². The van der Waals surface area contributed by atoms with E-state index in [9.17, 15) is 4.79 Å². The quantitative estimate of drug-likeness (QED) is 0.758. The summed E-state index contributed by atoms with van der Waals surface area (Å²) in [5.74, 6) is 0.757. The van der Waals surface area contributed by atoms with Crippen LogP contribution in [0.1, 0.15) is 40.9 Å². The smallest absolute Gasteiger partial charge is 0.265 e. The van der Waals surface area contributed by atoms with Gasteiger partial charge in [-0.3, -0.25) is 4.79 Å². The first-order valence-electron chi connectivity index (χ1n) is 6.25. The van der Waals surface area contributed by atoms with Crippen molar-refractivity contribution in [1.82, 2.24) is 4.90 Å². The normalized spacial score (nSPS) is 19.5. The third-order valence-electron chi connectivity index (χ3n) is 3.40. The highest BCUT2D eigenvalue weighted by Gasteiger charge is 2.30. The first-order valence-corrected chi connectivity index (χ1v) is 8.05. The van der Waals surface area contributed by atoms with E-state index in [0.717, 1.165) is 37.8 Å². The second-order valence-corrected chi connectivity index (χ2v) is 6.32. The molecule has 0 aromatic carbocycles. The van der Waals surface area contributed by atoms with E-state index in [1.807, 2.05) is 17.2 Å². The highest BCUT2D eigenvalue weighted by Crippen LogP contribution is 2.31. The van der Waals surface area contributed by atoms with Crippen molar-refractivity contribution in [2.75, 3.05) is 12.4 Å². The van der Waals surface area contributed by atoms with Crippen LogP contribution in [0.25, 0.3) is 0 Å². The minimum Gasteiger partial charge on any atom is -0.335 e. The Kier molecular flexibility index (Phi) is 4.93. The zero-order valence-corrected chi connectivity index (χ0v) is 12.7. The second kappa shape index (κ2) is 6.27. The van der Waals surface area contributed by atoms with E-state index >= 15 is 0 Å². The average molecular weight is 306 g/mol. The summed E-state index contributed by atoms with van der Waals surface area (Å²) in [6.45, 7) is 2.78. The van der Waals surface area contributed by atoms with Crippen LogP contribution in [0.5, 0.6) is 0 Å². The highest BCUT2D eigenvalue weighted by molar-refractivity contribution is 7.13. The minimum absolute atomic E-state index is 0.0928. The van der Waals surface area contributed by atoms with Crippen LogP contribution in [0.4, 0.5) is 0 Å². The number of nitrogens with zero attached hydrogens (tertiary/aromatic N) is 1. The molecule has 1 aromatic rings. The van der Waals surface area contributed by atoms with Crippen LogP contribution < -0.4 is 0 Å². The lowest BCUT2D eigenvalue weighted by atomic mass is 10.1. The van der Waals surface area contributed by atoms with Gasteiger partial charge in [-0.05, 0) is 43.6 Å². The molecule has 1 atom stereocenters. The lowest BCUT2D eigenvalue weighted by Gasteiger charge is -2.24. The summed E-state index contributed by atoms with van der Waals surface area (Å²) >= 11 is 13.4. The molecule has 2 nitrogen and oxygen atoms in total. The van der Waals surface area contributed by atoms with Gasteiger partial charge in [-0.1, -0.05) is 11.6 Å². The summed E-state index contributed by atoms with van der Waals surface area (Å²) in [5.41, 5.74) is 0.988. The number of halogens is 2. The summed E-state index contributed by atoms with van der Waals surface area (Å²) in [7, 11) is 0. The van der Waals surface area contributed by atoms with Crippen molar-refractivity contribution in [3.63, 3.8) is 0 Å². The van der Waals surface area contributed by atoms with Crippen LogP contribution in [-0.4, -0.2) is 29.3 Å². The Morgan fingerprint density at radius 3 is 3.00 bits per heavy atom. The van der Waals surface area contributed by atoms with E-state index in [4.69, 9.17) is 23.2 Å². The maximum absolute atomic E-state index is 12.5. The number of carbonyl (C=O) groups excluding carboxylic acids is 1. The van der Waals surface area contributed by atoms with E-state index in [0.29, 0.717) is 21.8 Å². The monoisotopic (exact) mass is 305 g/mol. The van der Waals surface area contributed by atoms with E-state index in [-0.39, 0.29) is 5.91 Å². The number of thiophene rings is 1. The Morgan fingerprint density at radius 2 is 2.39 bits per heavy atom. The number of likely N-dealkylation sites (tertiary alicyclic amines) is 1. The molecule has 1 unspecified atom stereocenters. The van der Waals surface area contributed by atoms with E-state index in [1.165, 1.54) is 11.3 Å². The second-order valence-electron chi connectivity index (χ2n) is 4.69. The average Bonchev–Trinajstić information content (AvgIpc) is 2.95. The summed E-state index contributed by atoms with van der Waals surface area (Å²) in [4.78, 5) is 15.1. The zero-order chi connectivity index (χ0) is 13.1. The largest absolute Gasteiger partial charge is 0.335 e. The van der Waals surface area contributed by atoms with Gasteiger partial charge in [0.25, 0.3) is 5.91 Å². The first kappa shape index (κ1) is 14.2. The first-order chi connectivity index (χ1) is 8.65. The molecule has 1 aliphatic heterocycles. The van der Waals surface area contributed by atoms with Crippen LogP contribution >= 0.6 is 34.5 Å². The Morgan fingerprint density at radius 1 is 1.61 bits per heavy atom. The van der Waals surface area contributed by atoms with Crippen molar-refractivity contribution >= 4 is 40.4 Å². The number of hydrogen-bond acceptors (Lipinski definition) is 2.